The first kappa shape index (κ1) is 25.1. The quantitative estimate of drug-likeness (QED) is 0.433. The number of nitrogens with one attached hydrogen (secondary N) is 1. The van der Waals surface area contributed by atoms with Crippen LogP contribution in [0, 0.1) is 11.3 Å². The Labute approximate surface area is 198 Å². The van der Waals surface area contributed by atoms with E-state index in [1.807, 2.05) is 4.57 Å². The van der Waals surface area contributed by atoms with Gasteiger partial charge in [-0.15, -0.1) is 0 Å². The zero-order chi connectivity index (χ0) is 25.5. The second-order valence-electron chi connectivity index (χ2n) is 8.50. The van der Waals surface area contributed by atoms with E-state index in [0.717, 1.165) is 31.5 Å². The van der Waals surface area contributed by atoms with Gasteiger partial charge in [-0.3, -0.25) is 4.98 Å². The molecule has 1 N–H and O–H groups in total. The molecule has 1 aliphatic carbocycles. The lowest BCUT2D eigenvalue weighted by molar-refractivity contribution is -0.147. The molecule has 0 spiro atoms. The van der Waals surface area contributed by atoms with Gasteiger partial charge in [0.25, 0.3) is 0 Å². The highest BCUT2D eigenvalue weighted by atomic mass is 32.2. The van der Waals surface area contributed by atoms with Crippen molar-refractivity contribution in [3.63, 3.8) is 0 Å². The van der Waals surface area contributed by atoms with Crippen molar-refractivity contribution < 1.29 is 30.4 Å². The molecule has 0 amide bonds. The molecule has 2 aromatic heterocycles. The van der Waals surface area contributed by atoms with Gasteiger partial charge >= 0.3 is 6.18 Å². The van der Waals surface area contributed by atoms with Crippen molar-refractivity contribution in [2.24, 2.45) is 0 Å². The monoisotopic (exact) mass is 512 g/mol. The number of nitrogens with zero attached hydrogens (tertiary/aromatic N) is 3. The molecule has 0 saturated heterocycles. The van der Waals surface area contributed by atoms with Gasteiger partial charge in [0, 0.05) is 24.0 Å². The zero-order valence-corrected chi connectivity index (χ0v) is 19.3. The minimum Gasteiger partial charge on any atom is -0.335 e. The Kier molecular flexibility index (Phi) is 6.59. The maximum absolute atomic E-state index is 12.9. The molecule has 1 atom stereocenters. The molecule has 0 bridgehead atoms. The first-order valence-electron chi connectivity index (χ1n) is 10.8. The molecule has 186 valence electrons. The summed E-state index contributed by atoms with van der Waals surface area (Å²) < 4.78 is 92.5. The van der Waals surface area contributed by atoms with E-state index in [0.29, 0.717) is 29.1 Å². The van der Waals surface area contributed by atoms with Crippen molar-refractivity contribution in [2.75, 3.05) is 0 Å². The van der Waals surface area contributed by atoms with Crippen LogP contribution in [0.3, 0.4) is 0 Å². The van der Waals surface area contributed by atoms with Crippen LogP contribution >= 0.6 is 0 Å². The molecule has 1 aliphatic rings. The van der Waals surface area contributed by atoms with Gasteiger partial charge in [-0.05, 0) is 56.0 Å². The van der Waals surface area contributed by atoms with E-state index in [4.69, 9.17) is 0 Å². The van der Waals surface area contributed by atoms with E-state index in [9.17, 15) is 35.6 Å². The number of hydrogen-bond donors (Lipinski definition) is 1. The van der Waals surface area contributed by atoms with Gasteiger partial charge in [0.2, 0.25) is 16.4 Å². The maximum atomic E-state index is 12.9. The normalized spacial score (nSPS) is 15.8. The van der Waals surface area contributed by atoms with Crippen LogP contribution in [0.4, 0.5) is 22.0 Å². The number of benzene rings is 1. The Bertz CT molecular complexity index is 1390. The van der Waals surface area contributed by atoms with Crippen LogP contribution in [0.25, 0.3) is 22.3 Å². The third-order valence-corrected chi connectivity index (χ3v) is 7.65. The summed E-state index contributed by atoms with van der Waals surface area (Å²) >= 11 is 0. The lowest BCUT2D eigenvalue weighted by Gasteiger charge is -2.30. The number of pyridine rings is 1. The van der Waals surface area contributed by atoms with Crippen molar-refractivity contribution in [1.82, 2.24) is 14.3 Å². The molecule has 3 aromatic rings. The van der Waals surface area contributed by atoms with Crippen LogP contribution in [0.2, 0.25) is 0 Å². The number of halogens is 5. The molecule has 2 heterocycles. The molecule has 12 heteroatoms. The van der Waals surface area contributed by atoms with Crippen molar-refractivity contribution >= 4 is 20.9 Å². The highest BCUT2D eigenvalue weighted by Gasteiger charge is 2.39. The fraction of sp³-hybridized carbons (Fsp3) is 0.391. The third-order valence-electron chi connectivity index (χ3n) is 6.12. The van der Waals surface area contributed by atoms with E-state index < -0.39 is 40.0 Å². The Morgan fingerprint density at radius 2 is 1.94 bits per heavy atom. The lowest BCUT2D eigenvalue weighted by Crippen LogP contribution is -2.42. The van der Waals surface area contributed by atoms with Crippen LogP contribution in [0.1, 0.15) is 43.4 Å². The molecule has 0 aliphatic heterocycles. The molecular weight excluding hydrogens is 491 g/mol. The molecule has 6 nitrogen and oxygen atoms in total. The first-order valence-corrected chi connectivity index (χ1v) is 12.3. The number of hydrogen-bond acceptors (Lipinski definition) is 4. The molecule has 1 aromatic carbocycles. The summed E-state index contributed by atoms with van der Waals surface area (Å²) in [6.07, 6.45) is -4.17. The Morgan fingerprint density at radius 1 is 1.23 bits per heavy atom. The van der Waals surface area contributed by atoms with Gasteiger partial charge in [-0.1, -0.05) is 6.07 Å². The molecule has 1 saturated carbocycles. The summed E-state index contributed by atoms with van der Waals surface area (Å²) in [5.41, 5.74) is 1.94. The summed E-state index contributed by atoms with van der Waals surface area (Å²) in [4.78, 5) is 3.71. The zero-order valence-electron chi connectivity index (χ0n) is 18.5. The fourth-order valence-electron chi connectivity index (χ4n) is 4.10. The molecule has 4 rings (SSSR count). The number of alkyl halides is 5. The predicted octanol–water partition coefficient (Wildman–Crippen LogP) is 5.34. The highest BCUT2D eigenvalue weighted by molar-refractivity contribution is 7.89. The van der Waals surface area contributed by atoms with Crippen LogP contribution in [-0.4, -0.2) is 36.6 Å². The third kappa shape index (κ3) is 4.88. The van der Waals surface area contributed by atoms with Gasteiger partial charge in [-0.25, -0.2) is 17.2 Å². The van der Waals surface area contributed by atoms with Crippen LogP contribution in [0.5, 0.6) is 0 Å². The highest BCUT2D eigenvalue weighted by Crippen LogP contribution is 2.42. The van der Waals surface area contributed by atoms with E-state index in [2.05, 4.69) is 11.1 Å². The van der Waals surface area contributed by atoms with Crippen LogP contribution < -0.4 is 4.72 Å². The second-order valence-corrected chi connectivity index (χ2v) is 10.2. The number of fused-ring (bicyclic) bond motifs is 1. The van der Waals surface area contributed by atoms with Crippen molar-refractivity contribution in [3.8, 4) is 17.5 Å². The first-order chi connectivity index (χ1) is 16.4. The summed E-state index contributed by atoms with van der Waals surface area (Å²) in [6.45, 7) is 0.692. The van der Waals surface area contributed by atoms with Gasteiger partial charge in [0.05, 0.1) is 22.5 Å². The largest absolute Gasteiger partial charge is 0.404 e. The number of rotatable bonds is 7. The van der Waals surface area contributed by atoms with Crippen molar-refractivity contribution in [3.05, 3.63) is 47.7 Å². The Hall–Kier alpha value is -3.04. The number of sulfonamides is 1. The summed E-state index contributed by atoms with van der Waals surface area (Å²) in [7, 11) is -4.49. The van der Waals surface area contributed by atoms with Gasteiger partial charge < -0.3 is 4.57 Å². The smallest absolute Gasteiger partial charge is 0.335 e. The van der Waals surface area contributed by atoms with Gasteiger partial charge in [-0.2, -0.15) is 23.2 Å². The Morgan fingerprint density at radius 3 is 2.46 bits per heavy atom. The van der Waals surface area contributed by atoms with E-state index in [1.165, 1.54) is 6.07 Å². The van der Waals surface area contributed by atoms with E-state index in [1.54, 1.807) is 22.9 Å². The van der Waals surface area contributed by atoms with Crippen LogP contribution in [-0.2, 0) is 16.4 Å². The predicted molar refractivity (Wildman–Crippen MR) is 118 cm³/mol. The number of aromatic nitrogens is 2. The summed E-state index contributed by atoms with van der Waals surface area (Å²) in [5, 5.41) is 10.4. The van der Waals surface area contributed by atoms with E-state index >= 15 is 0 Å². The SMILES string of the molecule is CC(NS(=O)(=O)c1ccc(-c2c(C#N)c3cc(CC(F)F)ccc3n2C2CCC2)nc1)C(F)(F)F. The van der Waals surface area contributed by atoms with E-state index in [-0.39, 0.29) is 17.3 Å². The summed E-state index contributed by atoms with van der Waals surface area (Å²) in [6, 6.07) is 7.18. The molecule has 1 fully saturated rings. The molecule has 1 unspecified atom stereocenters. The lowest BCUT2D eigenvalue weighted by atomic mass is 9.92. The summed E-state index contributed by atoms with van der Waals surface area (Å²) in [5.74, 6) is 0. The van der Waals surface area contributed by atoms with Crippen LogP contribution in [0.15, 0.2) is 41.4 Å². The topological polar surface area (TPSA) is 87.8 Å². The standard InChI is InChI=1S/C23H21F5N4O2S/c1-13(23(26,27)28)31-35(33,34)16-6-7-19(30-12-16)22-18(11-29)17-9-14(10-21(24)25)5-8-20(17)32(22)15-3-2-4-15/h5-9,12-13,15,21,31H,2-4,10H2,1H3. The Balaban J connectivity index is 1.80. The van der Waals surface area contributed by atoms with Gasteiger partial charge in [0.1, 0.15) is 17.0 Å². The fourth-order valence-corrected chi connectivity index (χ4v) is 5.28. The molecular formula is C23H21F5N4O2S. The average Bonchev–Trinajstić information content (AvgIpc) is 3.04. The molecule has 0 radical (unpaired) electrons. The minimum atomic E-state index is -4.75. The van der Waals surface area contributed by atoms with Gasteiger partial charge in [0.15, 0.2) is 0 Å². The average molecular weight is 513 g/mol. The second kappa shape index (κ2) is 9.20. The maximum Gasteiger partial charge on any atom is 0.404 e. The minimum absolute atomic E-state index is 0.0510. The molecule has 35 heavy (non-hydrogen) atoms. The van der Waals surface area contributed by atoms with Crippen molar-refractivity contribution in [2.45, 2.75) is 62.2 Å². The van der Waals surface area contributed by atoms with Crippen molar-refractivity contribution in [1.29, 1.82) is 5.26 Å². The number of nitriles is 1.